The zero-order valence-electron chi connectivity index (χ0n) is 16.6. The molecule has 0 amide bonds. The van der Waals surface area contributed by atoms with E-state index in [1.807, 2.05) is 0 Å². The van der Waals surface area contributed by atoms with Crippen LogP contribution in [0.15, 0.2) is 0 Å². The molecule has 0 aromatic rings. The maximum Gasteiger partial charge on any atom is 0.210 e. The topological polar surface area (TPSA) is 105 Å². The van der Waals surface area contributed by atoms with Crippen LogP contribution in [0.2, 0.25) is 0 Å². The Kier molecular flexibility index (Phi) is 3.26. The smallest absolute Gasteiger partial charge is 0.210 e. The monoisotopic (exact) mass is 394 g/mol. The number of ether oxygens (including phenoxy) is 3. The van der Waals surface area contributed by atoms with Gasteiger partial charge >= 0.3 is 0 Å². The molecule has 8 rings (SSSR count). The van der Waals surface area contributed by atoms with E-state index in [1.165, 1.54) is 0 Å². The third-order valence-electron chi connectivity index (χ3n) is 9.68. The van der Waals surface area contributed by atoms with Gasteiger partial charge < -0.3 is 29.5 Å². The van der Waals surface area contributed by atoms with Crippen molar-refractivity contribution in [1.82, 2.24) is 0 Å². The summed E-state index contributed by atoms with van der Waals surface area (Å²) >= 11 is 0. The minimum atomic E-state index is -1.97. The highest BCUT2D eigenvalue weighted by molar-refractivity contribution is 5.93. The fourth-order valence-corrected chi connectivity index (χ4v) is 8.96. The van der Waals surface area contributed by atoms with Crippen LogP contribution in [0.3, 0.4) is 0 Å². The van der Waals surface area contributed by atoms with Crippen LogP contribution in [-0.4, -0.2) is 65.2 Å². The van der Waals surface area contributed by atoms with E-state index in [1.54, 1.807) is 7.11 Å². The molecule has 11 atom stereocenters. The third-order valence-corrected chi connectivity index (χ3v) is 9.68. The van der Waals surface area contributed by atoms with Crippen molar-refractivity contribution >= 4 is 5.78 Å². The van der Waals surface area contributed by atoms with Crippen LogP contribution in [0.1, 0.15) is 39.5 Å². The van der Waals surface area contributed by atoms with Gasteiger partial charge in [-0.15, -0.1) is 0 Å². The highest BCUT2D eigenvalue weighted by Crippen LogP contribution is 2.81. The number of ketones is 1. The molecule has 7 heteroatoms. The number of aliphatic hydroxyl groups excluding tert-OH is 2. The molecule has 4 heterocycles. The fourth-order valence-electron chi connectivity index (χ4n) is 8.96. The summed E-state index contributed by atoms with van der Waals surface area (Å²) in [6.07, 6.45) is -0.396. The van der Waals surface area contributed by atoms with Gasteiger partial charge in [0.05, 0.1) is 24.2 Å². The zero-order chi connectivity index (χ0) is 19.9. The quantitative estimate of drug-likeness (QED) is 0.624. The number of carbonyl (C=O) groups excluding carboxylic acids is 1. The minimum Gasteiger partial charge on any atom is -0.392 e. The molecule has 1 unspecified atom stereocenters. The van der Waals surface area contributed by atoms with Crippen molar-refractivity contribution in [2.75, 3.05) is 13.7 Å². The van der Waals surface area contributed by atoms with Gasteiger partial charge in [-0.05, 0) is 42.9 Å². The van der Waals surface area contributed by atoms with Crippen molar-refractivity contribution in [2.45, 2.75) is 69.9 Å². The Hall–Kier alpha value is -0.570. The van der Waals surface area contributed by atoms with Crippen LogP contribution >= 0.6 is 0 Å². The average Bonchev–Trinajstić information content (AvgIpc) is 2.78. The van der Waals surface area contributed by atoms with E-state index in [9.17, 15) is 20.1 Å². The van der Waals surface area contributed by atoms with Crippen molar-refractivity contribution in [2.24, 2.45) is 39.9 Å². The first-order valence-electron chi connectivity index (χ1n) is 10.6. The van der Waals surface area contributed by atoms with Gasteiger partial charge in [0.25, 0.3) is 0 Å². The molecule has 28 heavy (non-hydrogen) atoms. The molecule has 2 spiro atoms. The summed E-state index contributed by atoms with van der Waals surface area (Å²) in [4.78, 5) is 13.9. The van der Waals surface area contributed by atoms with Crippen LogP contribution in [0.5, 0.6) is 0 Å². The highest BCUT2D eigenvalue weighted by Gasteiger charge is 2.92. The Morgan fingerprint density at radius 2 is 1.96 bits per heavy atom. The molecule has 3 N–H and O–H groups in total. The number of methoxy groups -OCH3 is 1. The molecule has 156 valence electrons. The molecule has 0 aromatic heterocycles. The van der Waals surface area contributed by atoms with Crippen molar-refractivity contribution in [3.63, 3.8) is 0 Å². The molecule has 7 nitrogen and oxygen atoms in total. The second-order valence-electron chi connectivity index (χ2n) is 10.8. The number of carbonyl (C=O) groups is 1. The normalized spacial score (nSPS) is 62.9. The molecule has 4 aliphatic heterocycles. The average molecular weight is 394 g/mol. The largest absolute Gasteiger partial charge is 0.392 e. The molecule has 4 aliphatic carbocycles. The van der Waals surface area contributed by atoms with Crippen molar-refractivity contribution in [3.8, 4) is 0 Å². The molecular formula is C21H30O7. The second kappa shape index (κ2) is 5.01. The van der Waals surface area contributed by atoms with Crippen LogP contribution in [0.4, 0.5) is 0 Å². The van der Waals surface area contributed by atoms with E-state index < -0.39 is 47.1 Å². The zero-order valence-corrected chi connectivity index (χ0v) is 16.6. The lowest BCUT2D eigenvalue weighted by molar-refractivity contribution is -0.557. The molecule has 4 saturated heterocycles. The first kappa shape index (κ1) is 18.2. The third kappa shape index (κ3) is 1.48. The first-order valence-corrected chi connectivity index (χ1v) is 10.6. The molecule has 0 aromatic carbocycles. The lowest BCUT2D eigenvalue weighted by Gasteiger charge is -2.79. The Bertz CT molecular complexity index is 753. The minimum absolute atomic E-state index is 0.0449. The van der Waals surface area contributed by atoms with E-state index in [2.05, 4.69) is 13.8 Å². The molecule has 4 saturated carbocycles. The van der Waals surface area contributed by atoms with Gasteiger partial charge in [-0.25, -0.2) is 0 Å². The summed E-state index contributed by atoms with van der Waals surface area (Å²) in [5.74, 6) is -3.14. The van der Waals surface area contributed by atoms with Crippen molar-refractivity contribution in [3.05, 3.63) is 0 Å². The van der Waals surface area contributed by atoms with Gasteiger partial charge in [-0.2, -0.15) is 0 Å². The van der Waals surface area contributed by atoms with Gasteiger partial charge in [0.2, 0.25) is 5.79 Å². The van der Waals surface area contributed by atoms with Gasteiger partial charge in [0, 0.05) is 18.9 Å². The standard InChI is InChI=1S/C21H30O7/c1-18(2)7-6-12(22)19-11-5-4-9-10(8-26-3)14(23)20(11)16(9)27-17(19)28-21(20,25)15(24)13(18)19/h9-13,15-17,22,24-25H,4-8H2,1-3H3/t9-,10-,11+,12+,13-,15+,16+,17?,19+,20+,21+/m1/s1. The van der Waals surface area contributed by atoms with E-state index in [-0.39, 0.29) is 35.6 Å². The van der Waals surface area contributed by atoms with E-state index in [0.29, 0.717) is 6.42 Å². The van der Waals surface area contributed by atoms with Gasteiger partial charge in [0.1, 0.15) is 11.5 Å². The van der Waals surface area contributed by atoms with E-state index in [4.69, 9.17) is 14.2 Å². The summed E-state index contributed by atoms with van der Waals surface area (Å²) < 4.78 is 17.8. The van der Waals surface area contributed by atoms with Crippen LogP contribution in [0, 0.1) is 39.9 Å². The molecule has 7 bridgehead atoms. The number of hydrogen-bond acceptors (Lipinski definition) is 7. The van der Waals surface area contributed by atoms with Crippen LogP contribution < -0.4 is 0 Å². The summed E-state index contributed by atoms with van der Waals surface area (Å²) in [6.45, 7) is 4.44. The first-order chi connectivity index (χ1) is 13.2. The maximum absolute atomic E-state index is 13.9. The van der Waals surface area contributed by atoms with Gasteiger partial charge in [-0.1, -0.05) is 13.8 Å². The fraction of sp³-hybridized carbons (Fsp3) is 0.952. The van der Waals surface area contributed by atoms with Gasteiger partial charge in [0.15, 0.2) is 12.1 Å². The Balaban J connectivity index is 1.63. The molecular weight excluding hydrogens is 364 g/mol. The second-order valence-corrected chi connectivity index (χ2v) is 10.8. The number of Topliss-reactive ketones (excluding diaryl/α,β-unsaturated/α-hetero) is 1. The molecule has 0 radical (unpaired) electrons. The Morgan fingerprint density at radius 3 is 2.68 bits per heavy atom. The predicted molar refractivity (Wildman–Crippen MR) is 94.7 cm³/mol. The lowest BCUT2D eigenvalue weighted by atomic mass is 9.34. The Labute approximate surface area is 164 Å². The Morgan fingerprint density at radius 1 is 1.21 bits per heavy atom. The molecule has 8 aliphatic rings. The van der Waals surface area contributed by atoms with Crippen molar-refractivity contribution < 1.29 is 34.3 Å². The van der Waals surface area contributed by atoms with Gasteiger partial charge in [-0.3, -0.25) is 4.79 Å². The SMILES string of the molecule is COC[C@H]1C(=O)[C@@]23[C@H]4OC5O[C@@]2(O)[C@@H](O)[C@@H]2C(C)(C)CC[C@H](O)[C@]52[C@@H]3CC[C@H]14. The summed E-state index contributed by atoms with van der Waals surface area (Å²) in [6, 6.07) is 0. The van der Waals surface area contributed by atoms with E-state index >= 15 is 0 Å². The highest BCUT2D eigenvalue weighted by atomic mass is 16.8. The summed E-state index contributed by atoms with van der Waals surface area (Å²) in [7, 11) is 1.58. The van der Waals surface area contributed by atoms with E-state index in [0.717, 1.165) is 19.3 Å². The van der Waals surface area contributed by atoms with Crippen molar-refractivity contribution in [1.29, 1.82) is 0 Å². The molecule has 8 fully saturated rings. The lowest BCUT2D eigenvalue weighted by Crippen LogP contribution is -2.91. The maximum atomic E-state index is 13.9. The number of rotatable bonds is 2. The predicted octanol–water partition coefficient (Wildman–Crippen LogP) is 0.446. The number of aliphatic hydroxyl groups is 3. The number of hydrogen-bond donors (Lipinski definition) is 3. The van der Waals surface area contributed by atoms with Crippen LogP contribution in [-0.2, 0) is 19.0 Å². The summed E-state index contributed by atoms with van der Waals surface area (Å²) in [5, 5.41) is 34.7. The van der Waals surface area contributed by atoms with Crippen LogP contribution in [0.25, 0.3) is 0 Å². The summed E-state index contributed by atoms with van der Waals surface area (Å²) in [5.41, 5.74) is -2.50.